The maximum absolute atomic E-state index is 12.4. The summed E-state index contributed by atoms with van der Waals surface area (Å²) in [6.45, 7) is 5.50. The van der Waals surface area contributed by atoms with E-state index in [-0.39, 0.29) is 5.76 Å². The number of nitrogens with zero attached hydrogens (tertiary/aromatic N) is 1. The molecule has 1 amide bonds. The summed E-state index contributed by atoms with van der Waals surface area (Å²) in [6.07, 6.45) is 0.629. The zero-order valence-electron chi connectivity index (χ0n) is 13.6. The van der Waals surface area contributed by atoms with E-state index < -0.39 is 17.6 Å². The molecule has 0 spiro atoms. The van der Waals surface area contributed by atoms with Gasteiger partial charge in [0.1, 0.15) is 5.76 Å². The van der Waals surface area contributed by atoms with E-state index in [1.54, 1.807) is 37.3 Å². The molecule has 0 radical (unpaired) electrons. The summed E-state index contributed by atoms with van der Waals surface area (Å²) in [7, 11) is 0. The van der Waals surface area contributed by atoms with E-state index in [4.69, 9.17) is 16.0 Å². The first-order chi connectivity index (χ1) is 11.4. The highest BCUT2D eigenvalue weighted by atomic mass is 35.5. The molecule has 2 aromatic rings. The van der Waals surface area contributed by atoms with Crippen LogP contribution in [0, 0.1) is 31.1 Å². The average Bonchev–Trinajstić information content (AvgIpc) is 2.92. The van der Waals surface area contributed by atoms with Gasteiger partial charge in [-0.25, -0.2) is 0 Å². The first kappa shape index (κ1) is 17.8. The molecule has 0 fully saturated rings. The fourth-order valence-corrected chi connectivity index (χ4v) is 2.48. The van der Waals surface area contributed by atoms with E-state index in [9.17, 15) is 14.9 Å². The highest BCUT2D eigenvalue weighted by Gasteiger charge is 2.30. The lowest BCUT2D eigenvalue weighted by molar-refractivity contribution is -0.117. The molecule has 0 unspecified atom stereocenters. The Hall–Kier alpha value is -2.58. The summed E-state index contributed by atoms with van der Waals surface area (Å²) in [6, 6.07) is 8.31. The molecule has 0 bridgehead atoms. The van der Waals surface area contributed by atoms with Gasteiger partial charge < -0.3 is 9.73 Å². The van der Waals surface area contributed by atoms with Crippen LogP contribution in [-0.2, 0) is 11.2 Å². The minimum Gasteiger partial charge on any atom is -0.458 e. The van der Waals surface area contributed by atoms with Crippen molar-refractivity contribution >= 4 is 29.0 Å². The number of rotatable bonds is 5. The van der Waals surface area contributed by atoms with Crippen molar-refractivity contribution in [3.05, 3.63) is 51.9 Å². The van der Waals surface area contributed by atoms with Gasteiger partial charge in [0.05, 0.1) is 6.07 Å². The van der Waals surface area contributed by atoms with Crippen LogP contribution in [0.5, 0.6) is 0 Å². The third kappa shape index (κ3) is 3.66. The average molecular weight is 345 g/mol. The van der Waals surface area contributed by atoms with Gasteiger partial charge in [-0.05, 0) is 43.2 Å². The SMILES string of the molecule is CCc1oc(C(=O)[C@H](C#N)C(=O)Nc2cc(Cl)ccc2C)cc1C. The number of halogens is 1. The van der Waals surface area contributed by atoms with Gasteiger partial charge in [-0.3, -0.25) is 9.59 Å². The number of furan rings is 1. The number of anilines is 1. The van der Waals surface area contributed by atoms with Crippen LogP contribution < -0.4 is 5.32 Å². The molecule has 6 heteroatoms. The highest BCUT2D eigenvalue weighted by Crippen LogP contribution is 2.22. The maximum atomic E-state index is 12.4. The van der Waals surface area contributed by atoms with Crippen LogP contribution in [0.2, 0.25) is 5.02 Å². The lowest BCUT2D eigenvalue weighted by Crippen LogP contribution is -2.28. The number of hydrogen-bond acceptors (Lipinski definition) is 4. The Morgan fingerprint density at radius 1 is 1.29 bits per heavy atom. The molecule has 0 aliphatic heterocycles. The molecule has 1 aromatic carbocycles. The Bertz CT molecular complexity index is 833. The van der Waals surface area contributed by atoms with E-state index in [0.29, 0.717) is 22.9 Å². The van der Waals surface area contributed by atoms with Crippen molar-refractivity contribution in [2.24, 2.45) is 5.92 Å². The van der Waals surface area contributed by atoms with Gasteiger partial charge in [0.2, 0.25) is 11.7 Å². The Labute approximate surface area is 145 Å². The second-order valence-electron chi connectivity index (χ2n) is 5.45. The van der Waals surface area contributed by atoms with Gasteiger partial charge in [0.15, 0.2) is 11.7 Å². The summed E-state index contributed by atoms with van der Waals surface area (Å²) in [5, 5.41) is 12.3. The number of nitrogens with one attached hydrogen (secondary N) is 1. The van der Waals surface area contributed by atoms with Crippen LogP contribution in [0.25, 0.3) is 0 Å². The Balaban J connectivity index is 2.23. The van der Waals surface area contributed by atoms with Crippen LogP contribution >= 0.6 is 11.6 Å². The second kappa shape index (κ2) is 7.33. The lowest BCUT2D eigenvalue weighted by Gasteiger charge is -2.11. The summed E-state index contributed by atoms with van der Waals surface area (Å²) in [5.74, 6) is -2.16. The third-order valence-electron chi connectivity index (χ3n) is 3.70. The van der Waals surface area contributed by atoms with Crippen LogP contribution in [0.4, 0.5) is 5.69 Å². The van der Waals surface area contributed by atoms with Crippen molar-refractivity contribution in [3.8, 4) is 6.07 Å². The summed E-state index contributed by atoms with van der Waals surface area (Å²) < 4.78 is 5.45. The molecule has 1 N–H and O–H groups in total. The molecule has 124 valence electrons. The fourth-order valence-electron chi connectivity index (χ4n) is 2.30. The van der Waals surface area contributed by atoms with Crippen LogP contribution in [-0.4, -0.2) is 11.7 Å². The van der Waals surface area contributed by atoms with Crippen molar-refractivity contribution < 1.29 is 14.0 Å². The van der Waals surface area contributed by atoms with E-state index in [2.05, 4.69) is 5.32 Å². The number of ketones is 1. The number of carbonyl (C=O) groups excluding carboxylic acids is 2. The summed E-state index contributed by atoms with van der Waals surface area (Å²) in [5.41, 5.74) is 2.06. The summed E-state index contributed by atoms with van der Waals surface area (Å²) >= 11 is 5.91. The number of aryl methyl sites for hydroxylation is 3. The van der Waals surface area contributed by atoms with Gasteiger partial charge >= 0.3 is 0 Å². The number of benzene rings is 1. The van der Waals surface area contributed by atoms with Crippen molar-refractivity contribution in [3.63, 3.8) is 0 Å². The lowest BCUT2D eigenvalue weighted by atomic mass is 10.0. The van der Waals surface area contributed by atoms with Gasteiger partial charge in [0.25, 0.3) is 0 Å². The topological polar surface area (TPSA) is 83.1 Å². The maximum Gasteiger partial charge on any atom is 0.249 e. The predicted octanol–water partition coefficient (Wildman–Crippen LogP) is 4.07. The van der Waals surface area contributed by atoms with E-state index in [0.717, 1.165) is 11.1 Å². The molecule has 0 aliphatic carbocycles. The molecule has 1 atom stereocenters. The number of Topliss-reactive ketones (excluding diaryl/α,β-unsaturated/α-hetero) is 1. The molecule has 0 aliphatic rings. The van der Waals surface area contributed by atoms with Crippen molar-refractivity contribution in [2.75, 3.05) is 5.32 Å². The minimum absolute atomic E-state index is 0.0221. The van der Waals surface area contributed by atoms with Gasteiger partial charge in [-0.2, -0.15) is 5.26 Å². The quantitative estimate of drug-likeness (QED) is 0.654. The first-order valence-electron chi connectivity index (χ1n) is 7.47. The Morgan fingerprint density at radius 3 is 2.58 bits per heavy atom. The van der Waals surface area contributed by atoms with Crippen LogP contribution in [0.15, 0.2) is 28.7 Å². The molecule has 1 heterocycles. The zero-order valence-corrected chi connectivity index (χ0v) is 14.4. The van der Waals surface area contributed by atoms with Gasteiger partial charge in [-0.1, -0.05) is 24.6 Å². The van der Waals surface area contributed by atoms with Crippen molar-refractivity contribution in [1.82, 2.24) is 0 Å². The number of carbonyl (C=O) groups is 2. The molecule has 0 saturated carbocycles. The zero-order chi connectivity index (χ0) is 17.9. The normalized spacial score (nSPS) is 11.6. The predicted molar refractivity (Wildman–Crippen MR) is 91.1 cm³/mol. The largest absolute Gasteiger partial charge is 0.458 e. The van der Waals surface area contributed by atoms with Crippen LogP contribution in [0.1, 0.15) is 34.4 Å². The van der Waals surface area contributed by atoms with Crippen molar-refractivity contribution in [1.29, 1.82) is 5.26 Å². The molecular weight excluding hydrogens is 328 g/mol. The molecular formula is C18H17ClN2O3. The standard InChI is InChI=1S/C18H17ClN2O3/c1-4-15-11(3)7-16(24-15)17(22)13(9-20)18(23)21-14-8-12(19)6-5-10(14)2/h5-8,13H,4H2,1-3H3,(H,21,23)/t13-/m0/s1. The fraction of sp³-hybridized carbons (Fsp3) is 0.278. The second-order valence-corrected chi connectivity index (χ2v) is 5.88. The smallest absolute Gasteiger partial charge is 0.249 e. The summed E-state index contributed by atoms with van der Waals surface area (Å²) in [4.78, 5) is 24.8. The minimum atomic E-state index is -1.49. The van der Waals surface area contributed by atoms with Crippen LogP contribution in [0.3, 0.4) is 0 Å². The van der Waals surface area contributed by atoms with E-state index in [1.165, 1.54) is 0 Å². The first-order valence-corrected chi connectivity index (χ1v) is 7.85. The van der Waals surface area contributed by atoms with Crippen molar-refractivity contribution in [2.45, 2.75) is 27.2 Å². The monoisotopic (exact) mass is 344 g/mol. The molecule has 0 saturated heterocycles. The van der Waals surface area contributed by atoms with E-state index in [1.807, 2.05) is 13.8 Å². The van der Waals surface area contributed by atoms with Gasteiger partial charge in [-0.15, -0.1) is 0 Å². The van der Waals surface area contributed by atoms with Gasteiger partial charge in [0, 0.05) is 17.1 Å². The Kier molecular flexibility index (Phi) is 5.42. The van der Waals surface area contributed by atoms with E-state index >= 15 is 0 Å². The highest BCUT2D eigenvalue weighted by molar-refractivity contribution is 6.31. The third-order valence-corrected chi connectivity index (χ3v) is 3.93. The number of nitriles is 1. The number of amides is 1. The number of hydrogen-bond donors (Lipinski definition) is 1. The molecule has 5 nitrogen and oxygen atoms in total. The molecule has 24 heavy (non-hydrogen) atoms. The molecule has 1 aromatic heterocycles. The Morgan fingerprint density at radius 2 is 2.00 bits per heavy atom. The molecule has 2 rings (SSSR count).